The lowest BCUT2D eigenvalue weighted by atomic mass is 9.62. The Morgan fingerprint density at radius 3 is 2.71 bits per heavy atom. The van der Waals surface area contributed by atoms with E-state index in [9.17, 15) is 10.1 Å². The van der Waals surface area contributed by atoms with Gasteiger partial charge in [-0.05, 0) is 39.7 Å². The Kier molecular flexibility index (Phi) is 5.51. The summed E-state index contributed by atoms with van der Waals surface area (Å²) in [6.45, 7) is 6.43. The van der Waals surface area contributed by atoms with Gasteiger partial charge in [-0.25, -0.2) is 0 Å². The van der Waals surface area contributed by atoms with Gasteiger partial charge in [-0.3, -0.25) is 4.79 Å². The van der Waals surface area contributed by atoms with Gasteiger partial charge in [0.15, 0.2) is 5.92 Å². The molecule has 1 fully saturated rings. The van der Waals surface area contributed by atoms with Crippen LogP contribution in [0.15, 0.2) is 24.3 Å². The Balaban J connectivity index is 2.61. The third-order valence-corrected chi connectivity index (χ3v) is 4.63. The number of rotatable bonds is 5. The molecule has 0 aliphatic carbocycles. The van der Waals surface area contributed by atoms with Crippen LogP contribution in [0, 0.1) is 17.2 Å². The van der Waals surface area contributed by atoms with E-state index >= 15 is 0 Å². The van der Waals surface area contributed by atoms with Crippen molar-refractivity contribution in [2.24, 2.45) is 5.92 Å². The highest BCUT2D eigenvalue weighted by molar-refractivity contribution is 5.78. The first-order valence-corrected chi connectivity index (χ1v) is 8.24. The third-order valence-electron chi connectivity index (χ3n) is 4.63. The number of hydrogen-bond acceptors (Lipinski definition) is 5. The summed E-state index contributed by atoms with van der Waals surface area (Å²) in [7, 11) is 1.60. The van der Waals surface area contributed by atoms with Gasteiger partial charge < -0.3 is 14.2 Å². The lowest BCUT2D eigenvalue weighted by Crippen LogP contribution is -2.50. The molecule has 0 radical (unpaired) electrons. The van der Waals surface area contributed by atoms with Crippen LogP contribution < -0.4 is 4.74 Å². The number of esters is 1. The Hall–Kier alpha value is -2.06. The standard InChI is InChI=1S/C19H25NO4/c1-5-23-17(21)15(12-20)19(10-11-24-18(2,3)13-19)14-8-6-7-9-16(14)22-4/h6-9,15H,5,10-11,13H2,1-4H3/t15-,19+/m0/s1. The molecule has 0 bridgehead atoms. The number of para-hydroxylation sites is 1. The smallest absolute Gasteiger partial charge is 0.324 e. The van der Waals surface area contributed by atoms with Crippen molar-refractivity contribution >= 4 is 5.97 Å². The monoisotopic (exact) mass is 331 g/mol. The molecule has 1 saturated heterocycles. The van der Waals surface area contributed by atoms with Gasteiger partial charge in [0, 0.05) is 17.6 Å². The molecule has 5 heteroatoms. The van der Waals surface area contributed by atoms with Crippen LogP contribution in [-0.2, 0) is 19.7 Å². The lowest BCUT2D eigenvalue weighted by Gasteiger charge is -2.47. The minimum atomic E-state index is -0.906. The van der Waals surface area contributed by atoms with Gasteiger partial charge in [0.1, 0.15) is 5.75 Å². The highest BCUT2D eigenvalue weighted by Crippen LogP contribution is 2.49. The van der Waals surface area contributed by atoms with Crippen molar-refractivity contribution in [1.82, 2.24) is 0 Å². The van der Waals surface area contributed by atoms with Crippen molar-refractivity contribution in [2.45, 2.75) is 44.6 Å². The van der Waals surface area contributed by atoms with Crippen molar-refractivity contribution in [3.8, 4) is 11.8 Å². The van der Waals surface area contributed by atoms with Crippen molar-refractivity contribution in [3.05, 3.63) is 29.8 Å². The van der Waals surface area contributed by atoms with Crippen LogP contribution in [-0.4, -0.2) is 31.9 Å². The van der Waals surface area contributed by atoms with Gasteiger partial charge in [-0.1, -0.05) is 18.2 Å². The van der Waals surface area contributed by atoms with Crippen molar-refractivity contribution < 1.29 is 19.0 Å². The van der Waals surface area contributed by atoms with Crippen LogP contribution in [0.4, 0.5) is 0 Å². The van der Waals surface area contributed by atoms with Crippen molar-refractivity contribution in [3.63, 3.8) is 0 Å². The van der Waals surface area contributed by atoms with E-state index in [1.807, 2.05) is 38.1 Å². The normalized spacial score (nSPS) is 23.8. The van der Waals surface area contributed by atoms with Gasteiger partial charge in [-0.15, -0.1) is 0 Å². The van der Waals surface area contributed by atoms with E-state index in [4.69, 9.17) is 14.2 Å². The molecule has 1 aromatic rings. The fraction of sp³-hybridized carbons (Fsp3) is 0.579. The van der Waals surface area contributed by atoms with E-state index in [2.05, 4.69) is 6.07 Å². The van der Waals surface area contributed by atoms with Gasteiger partial charge in [0.2, 0.25) is 0 Å². The lowest BCUT2D eigenvalue weighted by molar-refractivity contribution is -0.153. The Morgan fingerprint density at radius 1 is 1.42 bits per heavy atom. The minimum Gasteiger partial charge on any atom is -0.496 e. The SMILES string of the molecule is CCOC(=O)[C@H](C#N)[C@]1(c2ccccc2OC)CCOC(C)(C)C1. The zero-order valence-corrected chi connectivity index (χ0v) is 14.8. The maximum absolute atomic E-state index is 12.5. The number of hydrogen-bond donors (Lipinski definition) is 0. The number of nitriles is 1. The van der Waals surface area contributed by atoms with Gasteiger partial charge in [0.05, 0.1) is 25.4 Å². The van der Waals surface area contributed by atoms with E-state index in [1.165, 1.54) is 0 Å². The predicted molar refractivity (Wildman–Crippen MR) is 89.7 cm³/mol. The molecule has 1 aromatic carbocycles. The second kappa shape index (κ2) is 7.23. The topological polar surface area (TPSA) is 68.6 Å². The molecule has 1 aliphatic rings. The molecule has 0 aromatic heterocycles. The van der Waals surface area contributed by atoms with E-state index in [0.717, 1.165) is 5.56 Å². The molecule has 0 N–H and O–H groups in total. The summed E-state index contributed by atoms with van der Waals surface area (Å²) in [5.74, 6) is -0.708. The molecule has 2 rings (SSSR count). The zero-order valence-electron chi connectivity index (χ0n) is 14.8. The molecule has 0 unspecified atom stereocenters. The number of carbonyl (C=O) groups is 1. The molecular weight excluding hydrogens is 306 g/mol. The molecule has 1 heterocycles. The van der Waals surface area contributed by atoms with Crippen LogP contribution in [0.2, 0.25) is 0 Å². The summed E-state index contributed by atoms with van der Waals surface area (Å²) in [5.41, 5.74) is -0.278. The fourth-order valence-electron chi connectivity index (χ4n) is 3.72. The zero-order chi connectivity index (χ0) is 17.8. The second-order valence-corrected chi connectivity index (χ2v) is 6.71. The van der Waals surface area contributed by atoms with Gasteiger partial charge in [0.25, 0.3) is 0 Å². The van der Waals surface area contributed by atoms with Crippen LogP contribution in [0.5, 0.6) is 5.75 Å². The molecule has 5 nitrogen and oxygen atoms in total. The van der Waals surface area contributed by atoms with E-state index in [0.29, 0.717) is 25.2 Å². The summed E-state index contributed by atoms with van der Waals surface area (Å²) in [6.07, 6.45) is 1.10. The number of methoxy groups -OCH3 is 1. The number of benzene rings is 1. The predicted octanol–water partition coefficient (Wildman–Crippen LogP) is 3.22. The summed E-state index contributed by atoms with van der Waals surface area (Å²) in [5, 5.41) is 9.80. The molecule has 2 atom stereocenters. The fourth-order valence-corrected chi connectivity index (χ4v) is 3.72. The van der Waals surface area contributed by atoms with Gasteiger partial charge >= 0.3 is 5.97 Å². The first kappa shape index (κ1) is 18.3. The number of carbonyl (C=O) groups excluding carboxylic acids is 1. The summed E-state index contributed by atoms with van der Waals surface area (Å²) < 4.78 is 16.6. The quantitative estimate of drug-likeness (QED) is 0.775. The molecular formula is C19H25NO4. The molecule has 1 aliphatic heterocycles. The van der Waals surface area contributed by atoms with Crippen molar-refractivity contribution in [1.29, 1.82) is 5.26 Å². The Morgan fingerprint density at radius 2 is 2.12 bits per heavy atom. The van der Waals surface area contributed by atoms with E-state index in [-0.39, 0.29) is 6.61 Å². The third kappa shape index (κ3) is 3.39. The van der Waals surface area contributed by atoms with Crippen LogP contribution in [0.3, 0.4) is 0 Å². The maximum atomic E-state index is 12.5. The number of ether oxygens (including phenoxy) is 3. The summed E-state index contributed by atoms with van der Waals surface area (Å²) in [6, 6.07) is 9.78. The Labute approximate surface area is 143 Å². The highest BCUT2D eigenvalue weighted by Gasteiger charge is 2.52. The van der Waals surface area contributed by atoms with Crippen LogP contribution in [0.25, 0.3) is 0 Å². The average Bonchev–Trinajstić information content (AvgIpc) is 2.54. The average molecular weight is 331 g/mol. The first-order valence-electron chi connectivity index (χ1n) is 8.24. The Bertz CT molecular complexity index is 634. The molecule has 0 saturated carbocycles. The minimum absolute atomic E-state index is 0.249. The maximum Gasteiger partial charge on any atom is 0.324 e. The number of nitrogens with zero attached hydrogens (tertiary/aromatic N) is 1. The second-order valence-electron chi connectivity index (χ2n) is 6.71. The molecule has 24 heavy (non-hydrogen) atoms. The van der Waals surface area contributed by atoms with Crippen LogP contribution in [0.1, 0.15) is 39.2 Å². The first-order chi connectivity index (χ1) is 11.4. The molecule has 0 amide bonds. The largest absolute Gasteiger partial charge is 0.496 e. The van der Waals surface area contributed by atoms with E-state index in [1.54, 1.807) is 14.0 Å². The highest BCUT2D eigenvalue weighted by atomic mass is 16.5. The summed E-state index contributed by atoms with van der Waals surface area (Å²) in [4.78, 5) is 12.5. The molecule has 130 valence electrons. The van der Waals surface area contributed by atoms with E-state index < -0.39 is 22.9 Å². The van der Waals surface area contributed by atoms with Crippen molar-refractivity contribution in [2.75, 3.05) is 20.3 Å². The van der Waals surface area contributed by atoms with Crippen LogP contribution >= 0.6 is 0 Å². The van der Waals surface area contributed by atoms with Gasteiger partial charge in [-0.2, -0.15) is 5.26 Å². The molecule has 0 spiro atoms. The summed E-state index contributed by atoms with van der Waals surface area (Å²) >= 11 is 0.